The third-order valence-corrected chi connectivity index (χ3v) is 3.38. The van der Waals surface area contributed by atoms with Crippen molar-refractivity contribution in [1.29, 1.82) is 0 Å². The number of aliphatic hydroxyl groups is 1. The van der Waals surface area contributed by atoms with Gasteiger partial charge in [0.15, 0.2) is 0 Å². The van der Waals surface area contributed by atoms with Gasteiger partial charge in [-0.25, -0.2) is 0 Å². The molecular formula is C13H19N3O2. The number of carbonyl (C=O) groups is 1. The summed E-state index contributed by atoms with van der Waals surface area (Å²) in [5, 5.41) is 12.5. The van der Waals surface area contributed by atoms with Gasteiger partial charge in [0.2, 0.25) is 0 Å². The van der Waals surface area contributed by atoms with E-state index in [1.165, 1.54) is 0 Å². The predicted octanol–water partition coefficient (Wildman–Crippen LogP) is 0.742. The Kier molecular flexibility index (Phi) is 3.72. The van der Waals surface area contributed by atoms with Gasteiger partial charge < -0.3 is 21.9 Å². The highest BCUT2D eigenvalue weighted by Crippen LogP contribution is 2.24. The number of nitrogens with two attached hydrogens (primary N) is 2. The largest absolute Gasteiger partial charge is 0.399 e. The van der Waals surface area contributed by atoms with Gasteiger partial charge >= 0.3 is 0 Å². The van der Waals surface area contributed by atoms with Gasteiger partial charge in [0.1, 0.15) is 0 Å². The third-order valence-electron chi connectivity index (χ3n) is 3.38. The van der Waals surface area contributed by atoms with Gasteiger partial charge in [-0.3, -0.25) is 4.79 Å². The quantitative estimate of drug-likeness (QED) is 0.593. The molecule has 1 aliphatic carbocycles. The van der Waals surface area contributed by atoms with Crippen LogP contribution in [-0.4, -0.2) is 23.7 Å². The second kappa shape index (κ2) is 5.27. The molecule has 0 aromatic heterocycles. The Hall–Kier alpha value is -1.75. The van der Waals surface area contributed by atoms with Gasteiger partial charge in [-0.05, 0) is 31.0 Å². The molecule has 5 nitrogen and oxygen atoms in total. The van der Waals surface area contributed by atoms with E-state index in [0.717, 1.165) is 19.3 Å². The van der Waals surface area contributed by atoms with Crippen molar-refractivity contribution in [2.24, 2.45) is 5.92 Å². The number of anilines is 2. The molecule has 1 aromatic rings. The molecule has 1 fully saturated rings. The van der Waals surface area contributed by atoms with Crippen LogP contribution in [0.25, 0.3) is 0 Å². The zero-order valence-electron chi connectivity index (χ0n) is 10.2. The van der Waals surface area contributed by atoms with E-state index < -0.39 is 0 Å². The molecule has 5 heteroatoms. The van der Waals surface area contributed by atoms with E-state index in [2.05, 4.69) is 5.32 Å². The molecule has 0 bridgehead atoms. The van der Waals surface area contributed by atoms with Gasteiger partial charge in [0.25, 0.3) is 5.91 Å². The summed E-state index contributed by atoms with van der Waals surface area (Å²) in [4.78, 5) is 11.9. The van der Waals surface area contributed by atoms with Crippen molar-refractivity contribution in [3.05, 3.63) is 23.8 Å². The summed E-state index contributed by atoms with van der Waals surface area (Å²) in [6, 6.07) is 4.80. The van der Waals surface area contributed by atoms with Gasteiger partial charge in [-0.2, -0.15) is 0 Å². The summed E-state index contributed by atoms with van der Waals surface area (Å²) in [6.45, 7) is 0.495. The number of carbonyl (C=O) groups excluding carboxylic acids is 1. The summed E-state index contributed by atoms with van der Waals surface area (Å²) in [5.74, 6) is -0.0412. The van der Waals surface area contributed by atoms with E-state index in [1.54, 1.807) is 18.2 Å². The van der Waals surface area contributed by atoms with Crippen molar-refractivity contribution in [1.82, 2.24) is 5.32 Å². The summed E-state index contributed by atoms with van der Waals surface area (Å²) in [7, 11) is 0. The van der Waals surface area contributed by atoms with Gasteiger partial charge in [-0.15, -0.1) is 0 Å². The highest BCUT2D eigenvalue weighted by Gasteiger charge is 2.25. The molecule has 18 heavy (non-hydrogen) atoms. The number of amides is 1. The van der Waals surface area contributed by atoms with Crippen LogP contribution in [0.1, 0.15) is 29.6 Å². The molecule has 2 unspecified atom stereocenters. The monoisotopic (exact) mass is 249 g/mol. The zero-order chi connectivity index (χ0) is 13.1. The van der Waals surface area contributed by atoms with Gasteiger partial charge in [0, 0.05) is 29.4 Å². The lowest BCUT2D eigenvalue weighted by Crippen LogP contribution is -2.32. The molecule has 98 valence electrons. The number of rotatable bonds is 3. The number of hydrogen-bond acceptors (Lipinski definition) is 4. The number of hydrogen-bond donors (Lipinski definition) is 4. The van der Waals surface area contributed by atoms with E-state index in [0.29, 0.717) is 23.5 Å². The van der Waals surface area contributed by atoms with Crippen LogP contribution in [0.3, 0.4) is 0 Å². The first-order valence-electron chi connectivity index (χ1n) is 6.18. The van der Waals surface area contributed by atoms with Crippen molar-refractivity contribution in [2.75, 3.05) is 18.0 Å². The smallest absolute Gasteiger partial charge is 0.251 e. The SMILES string of the molecule is Nc1cc(N)cc(C(=O)NCC2CCCC2O)c1. The third kappa shape index (κ3) is 2.92. The summed E-state index contributed by atoms with van der Waals surface area (Å²) >= 11 is 0. The number of benzene rings is 1. The average molecular weight is 249 g/mol. The minimum atomic E-state index is -0.295. The van der Waals surface area contributed by atoms with Crippen LogP contribution in [0, 0.1) is 5.92 Å². The highest BCUT2D eigenvalue weighted by atomic mass is 16.3. The standard InChI is InChI=1S/C13H19N3O2/c14-10-4-9(5-11(15)6-10)13(18)16-7-8-2-1-3-12(8)17/h4-6,8,12,17H,1-3,7,14-15H2,(H,16,18). The number of nitrogens with one attached hydrogen (secondary N) is 1. The molecule has 0 aliphatic heterocycles. The maximum Gasteiger partial charge on any atom is 0.251 e. The van der Waals surface area contributed by atoms with E-state index >= 15 is 0 Å². The van der Waals surface area contributed by atoms with E-state index in [1.807, 2.05) is 0 Å². The maximum atomic E-state index is 11.9. The molecule has 1 aliphatic rings. The average Bonchev–Trinajstić information content (AvgIpc) is 2.70. The normalized spacial score (nSPS) is 22.9. The highest BCUT2D eigenvalue weighted by molar-refractivity contribution is 5.96. The fourth-order valence-corrected chi connectivity index (χ4v) is 2.39. The lowest BCUT2D eigenvalue weighted by Gasteiger charge is -2.15. The lowest BCUT2D eigenvalue weighted by atomic mass is 10.1. The molecule has 6 N–H and O–H groups in total. The van der Waals surface area contributed by atoms with E-state index in [4.69, 9.17) is 11.5 Å². The van der Waals surface area contributed by atoms with Gasteiger partial charge in [0.05, 0.1) is 6.10 Å². The Morgan fingerprint density at radius 1 is 1.28 bits per heavy atom. The van der Waals surface area contributed by atoms with Crippen LogP contribution in [0.15, 0.2) is 18.2 Å². The second-order valence-corrected chi connectivity index (χ2v) is 4.86. The topological polar surface area (TPSA) is 101 Å². The molecule has 0 saturated heterocycles. The van der Waals surface area contributed by atoms with Crippen LogP contribution in [0.4, 0.5) is 11.4 Å². The van der Waals surface area contributed by atoms with Crippen molar-refractivity contribution < 1.29 is 9.90 Å². The summed E-state index contributed by atoms with van der Waals surface area (Å²) in [5.41, 5.74) is 12.7. The van der Waals surface area contributed by atoms with Crippen LogP contribution in [-0.2, 0) is 0 Å². The minimum absolute atomic E-state index is 0.160. The second-order valence-electron chi connectivity index (χ2n) is 4.86. The Bertz CT molecular complexity index is 428. The predicted molar refractivity (Wildman–Crippen MR) is 70.9 cm³/mol. The molecule has 0 heterocycles. The first-order valence-corrected chi connectivity index (χ1v) is 6.18. The summed E-state index contributed by atoms with van der Waals surface area (Å²) < 4.78 is 0. The Labute approximate surface area is 106 Å². The zero-order valence-corrected chi connectivity index (χ0v) is 10.2. The summed E-state index contributed by atoms with van der Waals surface area (Å²) in [6.07, 6.45) is 2.51. The van der Waals surface area contributed by atoms with E-state index in [-0.39, 0.29) is 17.9 Å². The van der Waals surface area contributed by atoms with Crippen molar-refractivity contribution in [2.45, 2.75) is 25.4 Å². The molecule has 0 radical (unpaired) electrons. The Balaban J connectivity index is 1.95. The number of aliphatic hydroxyl groups excluding tert-OH is 1. The van der Waals surface area contributed by atoms with Crippen molar-refractivity contribution in [3.63, 3.8) is 0 Å². The fourth-order valence-electron chi connectivity index (χ4n) is 2.39. The maximum absolute atomic E-state index is 11.9. The molecule has 2 rings (SSSR count). The Morgan fingerprint density at radius 2 is 1.94 bits per heavy atom. The van der Waals surface area contributed by atoms with Gasteiger partial charge in [-0.1, -0.05) is 6.42 Å². The molecule has 2 atom stereocenters. The van der Waals surface area contributed by atoms with E-state index in [9.17, 15) is 9.90 Å². The van der Waals surface area contributed by atoms with Crippen molar-refractivity contribution >= 4 is 17.3 Å². The molecular weight excluding hydrogens is 230 g/mol. The molecule has 1 amide bonds. The molecule has 0 spiro atoms. The van der Waals surface area contributed by atoms with Crippen LogP contribution >= 0.6 is 0 Å². The Morgan fingerprint density at radius 3 is 2.50 bits per heavy atom. The first kappa shape index (κ1) is 12.7. The fraction of sp³-hybridized carbons (Fsp3) is 0.462. The first-order chi connectivity index (χ1) is 8.56. The van der Waals surface area contributed by atoms with Crippen LogP contribution < -0.4 is 16.8 Å². The lowest BCUT2D eigenvalue weighted by molar-refractivity contribution is 0.0917. The van der Waals surface area contributed by atoms with Crippen molar-refractivity contribution in [3.8, 4) is 0 Å². The number of nitrogen functional groups attached to an aromatic ring is 2. The van der Waals surface area contributed by atoms with Crippen LogP contribution in [0.5, 0.6) is 0 Å². The molecule has 1 saturated carbocycles. The van der Waals surface area contributed by atoms with Crippen LogP contribution in [0.2, 0.25) is 0 Å². The minimum Gasteiger partial charge on any atom is -0.399 e. The molecule has 1 aromatic carbocycles.